The summed E-state index contributed by atoms with van der Waals surface area (Å²) in [7, 11) is 0. The Bertz CT molecular complexity index is 462. The zero-order chi connectivity index (χ0) is 12.8. The number of hydrogen-bond donors (Lipinski definition) is 2. The van der Waals surface area contributed by atoms with E-state index in [1.165, 1.54) is 18.3 Å². The standard InChI is InChI=1S/C11H11N3O3/c1-2-8(11(16)17)14-10(15)9-4-3-7(5-12)6-13-9/h3-4,6,8H,2H2,1H3,(H,14,15)(H,16,17)/t8-/m0/s1. The summed E-state index contributed by atoms with van der Waals surface area (Å²) in [6.07, 6.45) is 1.55. The van der Waals surface area contributed by atoms with Crippen LogP contribution >= 0.6 is 0 Å². The Balaban J connectivity index is 2.76. The Kier molecular flexibility index (Phi) is 4.17. The molecule has 1 atom stereocenters. The van der Waals surface area contributed by atoms with Crippen LogP contribution in [-0.4, -0.2) is 28.0 Å². The predicted octanol–water partition coefficient (Wildman–Crippen LogP) is 0.546. The molecule has 1 amide bonds. The van der Waals surface area contributed by atoms with Gasteiger partial charge in [0.05, 0.1) is 5.56 Å². The fourth-order valence-electron chi connectivity index (χ4n) is 1.16. The van der Waals surface area contributed by atoms with Crippen molar-refractivity contribution in [2.24, 2.45) is 0 Å². The zero-order valence-corrected chi connectivity index (χ0v) is 9.17. The van der Waals surface area contributed by atoms with Crippen molar-refractivity contribution in [2.75, 3.05) is 0 Å². The molecule has 0 aliphatic rings. The molecule has 0 unspecified atom stereocenters. The smallest absolute Gasteiger partial charge is 0.326 e. The largest absolute Gasteiger partial charge is 0.480 e. The SMILES string of the molecule is CC[C@H](NC(=O)c1ccc(C#N)cn1)C(=O)O. The molecule has 1 aromatic heterocycles. The van der Waals surface area contributed by atoms with E-state index in [-0.39, 0.29) is 12.1 Å². The highest BCUT2D eigenvalue weighted by Crippen LogP contribution is 2.00. The first-order valence-electron chi connectivity index (χ1n) is 4.98. The number of nitrogens with one attached hydrogen (secondary N) is 1. The van der Waals surface area contributed by atoms with E-state index in [4.69, 9.17) is 10.4 Å². The van der Waals surface area contributed by atoms with Gasteiger partial charge in [-0.25, -0.2) is 9.78 Å². The fourth-order valence-corrected chi connectivity index (χ4v) is 1.16. The van der Waals surface area contributed by atoms with Crippen LogP contribution in [0, 0.1) is 11.3 Å². The van der Waals surface area contributed by atoms with Gasteiger partial charge in [-0.2, -0.15) is 5.26 Å². The van der Waals surface area contributed by atoms with Gasteiger partial charge in [0.15, 0.2) is 0 Å². The third kappa shape index (κ3) is 3.28. The van der Waals surface area contributed by atoms with Gasteiger partial charge in [0.1, 0.15) is 17.8 Å². The second kappa shape index (κ2) is 5.61. The number of carbonyl (C=O) groups excluding carboxylic acids is 1. The van der Waals surface area contributed by atoms with Gasteiger partial charge < -0.3 is 10.4 Å². The van der Waals surface area contributed by atoms with Crippen LogP contribution in [0.3, 0.4) is 0 Å². The molecular formula is C11H11N3O3. The number of nitrogens with zero attached hydrogens (tertiary/aromatic N) is 2. The monoisotopic (exact) mass is 233 g/mol. The van der Waals surface area contributed by atoms with Gasteiger partial charge >= 0.3 is 5.97 Å². The molecule has 17 heavy (non-hydrogen) atoms. The average molecular weight is 233 g/mol. The maximum Gasteiger partial charge on any atom is 0.326 e. The van der Waals surface area contributed by atoms with Crippen LogP contribution in [0.15, 0.2) is 18.3 Å². The highest BCUT2D eigenvalue weighted by molar-refractivity contribution is 5.94. The normalized spacial score (nSPS) is 11.3. The molecule has 0 aliphatic heterocycles. The topological polar surface area (TPSA) is 103 Å². The second-order valence-electron chi connectivity index (χ2n) is 3.32. The molecule has 0 fully saturated rings. The van der Waals surface area contributed by atoms with Crippen LogP contribution in [0.4, 0.5) is 0 Å². The Hall–Kier alpha value is -2.42. The first-order valence-corrected chi connectivity index (χ1v) is 4.98. The molecule has 6 heteroatoms. The van der Waals surface area contributed by atoms with Crippen molar-refractivity contribution in [1.29, 1.82) is 5.26 Å². The van der Waals surface area contributed by atoms with Crippen LogP contribution in [0.2, 0.25) is 0 Å². The minimum Gasteiger partial charge on any atom is -0.480 e. The van der Waals surface area contributed by atoms with Gasteiger partial charge in [-0.05, 0) is 18.6 Å². The molecule has 0 aliphatic carbocycles. The molecule has 1 rings (SSSR count). The van der Waals surface area contributed by atoms with Crippen LogP contribution in [0.1, 0.15) is 29.4 Å². The van der Waals surface area contributed by atoms with Gasteiger partial charge in [0.2, 0.25) is 0 Å². The van der Waals surface area contributed by atoms with E-state index in [9.17, 15) is 9.59 Å². The van der Waals surface area contributed by atoms with Crippen molar-refractivity contribution in [1.82, 2.24) is 10.3 Å². The third-order valence-corrected chi connectivity index (χ3v) is 2.14. The fraction of sp³-hybridized carbons (Fsp3) is 0.273. The summed E-state index contributed by atoms with van der Waals surface area (Å²) in [5.74, 6) is -1.65. The maximum atomic E-state index is 11.6. The molecule has 0 aromatic carbocycles. The molecule has 6 nitrogen and oxygen atoms in total. The lowest BCUT2D eigenvalue weighted by Crippen LogP contribution is -2.40. The number of rotatable bonds is 4. The summed E-state index contributed by atoms with van der Waals surface area (Å²) in [6.45, 7) is 1.66. The van der Waals surface area contributed by atoms with E-state index in [1.54, 1.807) is 6.92 Å². The summed E-state index contributed by atoms with van der Waals surface area (Å²) in [6, 6.07) is 3.77. The minimum absolute atomic E-state index is 0.0868. The molecule has 0 spiro atoms. The number of carbonyl (C=O) groups is 2. The van der Waals surface area contributed by atoms with Gasteiger partial charge in [-0.3, -0.25) is 4.79 Å². The molecule has 0 radical (unpaired) electrons. The zero-order valence-electron chi connectivity index (χ0n) is 9.17. The van der Waals surface area contributed by atoms with Crippen LogP contribution in [0.25, 0.3) is 0 Å². The minimum atomic E-state index is -1.09. The van der Waals surface area contributed by atoms with Gasteiger partial charge in [0, 0.05) is 6.20 Å². The molecule has 0 saturated heterocycles. The lowest BCUT2D eigenvalue weighted by molar-refractivity contribution is -0.139. The van der Waals surface area contributed by atoms with Crippen molar-refractivity contribution >= 4 is 11.9 Å². The number of aromatic nitrogens is 1. The van der Waals surface area contributed by atoms with E-state index in [2.05, 4.69) is 10.3 Å². The highest BCUT2D eigenvalue weighted by Gasteiger charge is 2.18. The number of carboxylic acids is 1. The molecular weight excluding hydrogens is 222 g/mol. The van der Waals surface area contributed by atoms with E-state index in [0.29, 0.717) is 5.56 Å². The third-order valence-electron chi connectivity index (χ3n) is 2.14. The summed E-state index contributed by atoms with van der Waals surface area (Å²) in [5.41, 5.74) is 0.426. The average Bonchev–Trinajstić information content (AvgIpc) is 2.35. The number of nitriles is 1. The first-order chi connectivity index (χ1) is 8.08. The molecule has 1 aromatic rings. The van der Waals surface area contributed by atoms with E-state index in [0.717, 1.165) is 0 Å². The van der Waals surface area contributed by atoms with Crippen LogP contribution < -0.4 is 5.32 Å². The lowest BCUT2D eigenvalue weighted by Gasteiger charge is -2.11. The lowest BCUT2D eigenvalue weighted by atomic mass is 10.2. The van der Waals surface area contributed by atoms with Crippen molar-refractivity contribution in [3.63, 3.8) is 0 Å². The number of hydrogen-bond acceptors (Lipinski definition) is 4. The highest BCUT2D eigenvalue weighted by atomic mass is 16.4. The first kappa shape index (κ1) is 12.6. The van der Waals surface area contributed by atoms with Crippen molar-refractivity contribution < 1.29 is 14.7 Å². The quantitative estimate of drug-likeness (QED) is 0.790. The van der Waals surface area contributed by atoms with E-state index in [1.807, 2.05) is 6.07 Å². The summed E-state index contributed by atoms with van der Waals surface area (Å²) < 4.78 is 0. The van der Waals surface area contributed by atoms with Crippen molar-refractivity contribution in [3.8, 4) is 6.07 Å². The predicted molar refractivity (Wildman–Crippen MR) is 58.1 cm³/mol. The number of aliphatic carboxylic acids is 1. The summed E-state index contributed by atoms with van der Waals surface area (Å²) in [5, 5.41) is 19.7. The second-order valence-corrected chi connectivity index (χ2v) is 3.32. The van der Waals surface area contributed by atoms with Gasteiger partial charge in [0.25, 0.3) is 5.91 Å². The Morgan fingerprint density at radius 3 is 2.71 bits per heavy atom. The van der Waals surface area contributed by atoms with Crippen LogP contribution in [0.5, 0.6) is 0 Å². The van der Waals surface area contributed by atoms with Gasteiger partial charge in [-0.1, -0.05) is 6.92 Å². The number of amides is 1. The van der Waals surface area contributed by atoms with Crippen molar-refractivity contribution in [3.05, 3.63) is 29.6 Å². The van der Waals surface area contributed by atoms with E-state index < -0.39 is 17.9 Å². The Morgan fingerprint density at radius 2 is 2.29 bits per heavy atom. The molecule has 1 heterocycles. The molecule has 0 saturated carbocycles. The molecule has 88 valence electrons. The Labute approximate surface area is 97.9 Å². The number of pyridine rings is 1. The maximum absolute atomic E-state index is 11.6. The molecule has 2 N–H and O–H groups in total. The molecule has 0 bridgehead atoms. The summed E-state index contributed by atoms with van der Waals surface area (Å²) in [4.78, 5) is 26.1. The van der Waals surface area contributed by atoms with Gasteiger partial charge in [-0.15, -0.1) is 0 Å². The number of carboxylic acid groups (broad SMARTS) is 1. The van der Waals surface area contributed by atoms with E-state index >= 15 is 0 Å². The summed E-state index contributed by atoms with van der Waals surface area (Å²) >= 11 is 0. The van der Waals surface area contributed by atoms with Crippen molar-refractivity contribution in [2.45, 2.75) is 19.4 Å². The van der Waals surface area contributed by atoms with Crippen LogP contribution in [-0.2, 0) is 4.79 Å². The Morgan fingerprint density at radius 1 is 1.59 bits per heavy atom.